The number of hydrogen-bond donors (Lipinski definition) is 4. The first-order valence-electron chi connectivity index (χ1n) is 4.60. The molecule has 1 aromatic rings. The van der Waals surface area contributed by atoms with Crippen molar-refractivity contribution in [2.75, 3.05) is 0 Å². The Morgan fingerprint density at radius 2 is 2.18 bits per heavy atom. The van der Waals surface area contributed by atoms with Crippen LogP contribution in [0.25, 0.3) is 0 Å². The summed E-state index contributed by atoms with van der Waals surface area (Å²) in [5.41, 5.74) is 5.81. The topological polar surface area (TPSA) is 140 Å². The number of aromatic nitrogens is 1. The molecule has 0 atom stereocenters. The molecule has 0 unspecified atom stereocenters. The minimum atomic E-state index is -4.64. The van der Waals surface area contributed by atoms with Crippen molar-refractivity contribution < 1.29 is 28.7 Å². The molecule has 0 saturated heterocycles. The predicted molar refractivity (Wildman–Crippen MR) is 56.5 cm³/mol. The molecule has 0 spiro atoms. The van der Waals surface area contributed by atoms with Gasteiger partial charge < -0.3 is 25.8 Å². The van der Waals surface area contributed by atoms with Gasteiger partial charge in [-0.05, 0) is 0 Å². The fourth-order valence-corrected chi connectivity index (χ4v) is 1.60. The maximum atomic E-state index is 11.3. The van der Waals surface area contributed by atoms with Crippen molar-refractivity contribution in [1.29, 1.82) is 0 Å². The molecule has 1 rings (SSSR count). The Hall–Kier alpha value is -1.18. The number of aromatic hydroxyl groups is 1. The summed E-state index contributed by atoms with van der Waals surface area (Å²) in [6.45, 7) is 0.815. The standard InChI is InChI=1S/C8H13N2O6P/c1-5-8(11)7(2-9)6(3-10(5)12)4-16-17(13,14)15/h3,11H,2,4,9H2,1H3,(H2,13,14,15). The van der Waals surface area contributed by atoms with Gasteiger partial charge in [-0.3, -0.25) is 4.52 Å². The van der Waals surface area contributed by atoms with Crippen molar-refractivity contribution in [3.05, 3.63) is 28.2 Å². The van der Waals surface area contributed by atoms with Gasteiger partial charge in [0.1, 0.15) is 0 Å². The third-order valence-electron chi connectivity index (χ3n) is 2.21. The van der Waals surface area contributed by atoms with Gasteiger partial charge in [0, 0.05) is 19.0 Å². The molecule has 0 aliphatic heterocycles. The lowest BCUT2D eigenvalue weighted by molar-refractivity contribution is -0.613. The summed E-state index contributed by atoms with van der Waals surface area (Å²) in [5, 5.41) is 21.0. The molecule has 8 nitrogen and oxygen atoms in total. The van der Waals surface area contributed by atoms with Crippen molar-refractivity contribution in [2.45, 2.75) is 20.1 Å². The van der Waals surface area contributed by atoms with E-state index >= 15 is 0 Å². The Kier molecular flexibility index (Phi) is 4.07. The Balaban J connectivity index is 3.11. The summed E-state index contributed by atoms with van der Waals surface area (Å²) in [6, 6.07) is 0. The van der Waals surface area contributed by atoms with E-state index in [2.05, 4.69) is 4.52 Å². The number of pyridine rings is 1. The van der Waals surface area contributed by atoms with Crippen LogP contribution in [0.3, 0.4) is 0 Å². The molecule has 0 aliphatic rings. The summed E-state index contributed by atoms with van der Waals surface area (Å²) in [5.74, 6) is -0.297. The lowest BCUT2D eigenvalue weighted by atomic mass is 10.1. The van der Waals surface area contributed by atoms with Crippen LogP contribution in [-0.4, -0.2) is 14.9 Å². The molecule has 1 heterocycles. The average molecular weight is 264 g/mol. The summed E-state index contributed by atoms with van der Waals surface area (Å²) >= 11 is 0. The van der Waals surface area contributed by atoms with Crippen LogP contribution in [0.15, 0.2) is 6.20 Å². The fraction of sp³-hybridized carbons (Fsp3) is 0.375. The first-order valence-corrected chi connectivity index (χ1v) is 6.13. The molecule has 1 aromatic heterocycles. The van der Waals surface area contributed by atoms with Crippen LogP contribution < -0.4 is 10.5 Å². The molecule has 0 fully saturated rings. The molecule has 17 heavy (non-hydrogen) atoms. The van der Waals surface area contributed by atoms with Gasteiger partial charge in [0.05, 0.1) is 12.2 Å². The second-order valence-corrected chi connectivity index (χ2v) is 4.60. The minimum absolute atomic E-state index is 0.0605. The maximum Gasteiger partial charge on any atom is 0.469 e. The van der Waals surface area contributed by atoms with E-state index in [1.807, 2.05) is 0 Å². The molecule has 0 aromatic carbocycles. The normalized spacial score (nSPS) is 11.8. The van der Waals surface area contributed by atoms with E-state index in [9.17, 15) is 14.9 Å². The second-order valence-electron chi connectivity index (χ2n) is 3.36. The number of phosphoric acid groups is 1. The van der Waals surface area contributed by atoms with E-state index < -0.39 is 14.4 Å². The molecule has 0 aliphatic carbocycles. The van der Waals surface area contributed by atoms with Gasteiger partial charge in [0.15, 0.2) is 11.9 Å². The summed E-state index contributed by atoms with van der Waals surface area (Å²) in [4.78, 5) is 17.1. The molecule has 0 saturated carbocycles. The number of hydrogen-bond acceptors (Lipinski definition) is 5. The number of phosphoric ester groups is 1. The first-order chi connectivity index (χ1) is 7.76. The van der Waals surface area contributed by atoms with Gasteiger partial charge >= 0.3 is 7.82 Å². The lowest BCUT2D eigenvalue weighted by Crippen LogP contribution is -2.31. The lowest BCUT2D eigenvalue weighted by Gasteiger charge is -2.12. The largest absolute Gasteiger partial charge is 0.618 e. The zero-order valence-electron chi connectivity index (χ0n) is 9.03. The Morgan fingerprint density at radius 3 is 2.65 bits per heavy atom. The summed E-state index contributed by atoms with van der Waals surface area (Å²) < 4.78 is 15.2. The monoisotopic (exact) mass is 264 g/mol. The van der Waals surface area contributed by atoms with Crippen LogP contribution >= 0.6 is 7.82 Å². The first kappa shape index (κ1) is 13.9. The maximum absolute atomic E-state index is 11.3. The molecular formula is C8H13N2O6P. The SMILES string of the molecule is Cc1c(O)c(CN)c(COP(=O)(O)O)c[n+]1[O-]. The van der Waals surface area contributed by atoms with Gasteiger partial charge in [-0.15, -0.1) is 0 Å². The fourth-order valence-electron chi connectivity index (χ4n) is 1.30. The van der Waals surface area contributed by atoms with Crippen LogP contribution in [0.4, 0.5) is 0 Å². The van der Waals surface area contributed by atoms with Crippen molar-refractivity contribution >= 4 is 7.82 Å². The van der Waals surface area contributed by atoms with Crippen LogP contribution in [0.1, 0.15) is 16.8 Å². The van der Waals surface area contributed by atoms with Crippen LogP contribution in [0, 0.1) is 12.1 Å². The Morgan fingerprint density at radius 1 is 1.59 bits per heavy atom. The van der Waals surface area contributed by atoms with E-state index in [1.165, 1.54) is 6.92 Å². The molecule has 9 heteroatoms. The van der Waals surface area contributed by atoms with Crippen LogP contribution in [0.5, 0.6) is 5.75 Å². The highest BCUT2D eigenvalue weighted by molar-refractivity contribution is 7.46. The molecule has 0 bridgehead atoms. The Labute approximate surface area is 97.1 Å². The molecular weight excluding hydrogens is 251 g/mol. The smallest absolute Gasteiger partial charge is 0.469 e. The van der Waals surface area contributed by atoms with E-state index in [0.717, 1.165) is 6.20 Å². The zero-order valence-corrected chi connectivity index (χ0v) is 9.92. The van der Waals surface area contributed by atoms with Crippen LogP contribution in [-0.2, 0) is 22.2 Å². The molecule has 96 valence electrons. The zero-order chi connectivity index (χ0) is 13.2. The van der Waals surface area contributed by atoms with E-state index in [-0.39, 0.29) is 29.1 Å². The minimum Gasteiger partial charge on any atom is -0.618 e. The van der Waals surface area contributed by atoms with Gasteiger partial charge in [0.2, 0.25) is 5.69 Å². The second kappa shape index (κ2) is 4.99. The van der Waals surface area contributed by atoms with E-state index in [0.29, 0.717) is 4.73 Å². The number of nitrogens with zero attached hydrogens (tertiary/aromatic N) is 1. The molecule has 0 amide bonds. The van der Waals surface area contributed by atoms with E-state index in [4.69, 9.17) is 15.5 Å². The highest BCUT2D eigenvalue weighted by Crippen LogP contribution is 2.37. The van der Waals surface area contributed by atoms with Gasteiger partial charge in [-0.2, -0.15) is 4.73 Å². The number of nitrogens with two attached hydrogens (primary N) is 1. The average Bonchev–Trinajstić information content (AvgIpc) is 2.22. The molecule has 0 radical (unpaired) electrons. The third-order valence-corrected chi connectivity index (χ3v) is 2.68. The van der Waals surface area contributed by atoms with Crippen molar-refractivity contribution in [2.24, 2.45) is 5.73 Å². The highest BCUT2D eigenvalue weighted by Gasteiger charge is 2.21. The van der Waals surface area contributed by atoms with Crippen molar-refractivity contribution in [1.82, 2.24) is 0 Å². The van der Waals surface area contributed by atoms with Crippen molar-refractivity contribution in [3.63, 3.8) is 0 Å². The quantitative estimate of drug-likeness (QED) is 0.323. The van der Waals surface area contributed by atoms with Gasteiger partial charge in [-0.1, -0.05) is 0 Å². The van der Waals surface area contributed by atoms with Gasteiger partial charge in [-0.25, -0.2) is 4.57 Å². The van der Waals surface area contributed by atoms with E-state index in [1.54, 1.807) is 0 Å². The number of rotatable bonds is 4. The van der Waals surface area contributed by atoms with Gasteiger partial charge in [0.25, 0.3) is 0 Å². The van der Waals surface area contributed by atoms with Crippen molar-refractivity contribution in [3.8, 4) is 5.75 Å². The van der Waals surface area contributed by atoms with Crippen LogP contribution in [0.2, 0.25) is 0 Å². The predicted octanol–water partition coefficient (Wildman–Crippen LogP) is -0.598. The summed E-state index contributed by atoms with van der Waals surface area (Å²) in [6.07, 6.45) is 1.06. The summed E-state index contributed by atoms with van der Waals surface area (Å²) in [7, 11) is -4.64. The highest BCUT2D eigenvalue weighted by atomic mass is 31.2. The third kappa shape index (κ3) is 3.39. The Bertz CT molecular complexity index is 472. The molecule has 5 N–H and O–H groups in total.